The maximum Gasteiger partial charge on any atom is 0.234 e. The molecule has 1 aromatic carbocycles. The van der Waals surface area contributed by atoms with Gasteiger partial charge in [-0.25, -0.2) is 0 Å². The average Bonchev–Trinajstić information content (AvgIpc) is 3.02. The molecule has 0 aliphatic rings. The van der Waals surface area contributed by atoms with Gasteiger partial charge in [0.05, 0.1) is 6.61 Å². The van der Waals surface area contributed by atoms with Crippen molar-refractivity contribution in [3.05, 3.63) is 41.2 Å². The molecule has 2 heterocycles. The molecule has 0 spiro atoms. The SMILES string of the molecule is CCCc1nnc2sc(CCOc3ccccc3)nn12. The molecule has 6 heteroatoms. The van der Waals surface area contributed by atoms with Gasteiger partial charge in [-0.15, -0.1) is 10.2 Å². The molecule has 0 saturated carbocycles. The third-order valence-electron chi connectivity index (χ3n) is 2.90. The summed E-state index contributed by atoms with van der Waals surface area (Å²) in [6, 6.07) is 9.83. The van der Waals surface area contributed by atoms with E-state index in [0.29, 0.717) is 6.61 Å². The lowest BCUT2D eigenvalue weighted by molar-refractivity contribution is 0.321. The van der Waals surface area contributed by atoms with E-state index in [2.05, 4.69) is 22.2 Å². The smallest absolute Gasteiger partial charge is 0.234 e. The van der Waals surface area contributed by atoms with Gasteiger partial charge in [-0.2, -0.15) is 9.61 Å². The fourth-order valence-electron chi connectivity index (χ4n) is 1.95. The van der Waals surface area contributed by atoms with Crippen molar-refractivity contribution in [2.24, 2.45) is 0 Å². The Labute approximate surface area is 121 Å². The molecule has 0 aliphatic carbocycles. The number of hydrogen-bond acceptors (Lipinski definition) is 5. The van der Waals surface area contributed by atoms with Gasteiger partial charge >= 0.3 is 0 Å². The van der Waals surface area contributed by atoms with Gasteiger partial charge in [0.2, 0.25) is 4.96 Å². The highest BCUT2D eigenvalue weighted by molar-refractivity contribution is 7.16. The average molecular weight is 288 g/mol. The second kappa shape index (κ2) is 6.00. The first-order valence-electron chi connectivity index (χ1n) is 6.74. The Hall–Kier alpha value is -1.95. The molecule has 0 unspecified atom stereocenters. The Bertz CT molecular complexity index is 677. The van der Waals surface area contributed by atoms with Crippen LogP contribution in [-0.4, -0.2) is 26.4 Å². The summed E-state index contributed by atoms with van der Waals surface area (Å²) in [6.07, 6.45) is 2.74. The number of rotatable bonds is 6. The minimum atomic E-state index is 0.622. The van der Waals surface area contributed by atoms with Crippen LogP contribution in [0.5, 0.6) is 5.75 Å². The Kier molecular flexibility index (Phi) is 3.92. The summed E-state index contributed by atoms with van der Waals surface area (Å²) in [5.74, 6) is 1.83. The second-order valence-electron chi connectivity index (χ2n) is 4.47. The molecule has 5 nitrogen and oxygen atoms in total. The van der Waals surface area contributed by atoms with Crippen LogP contribution in [0.25, 0.3) is 4.96 Å². The normalized spacial score (nSPS) is 11.1. The molecule has 3 rings (SSSR count). The third kappa shape index (κ3) is 2.80. The summed E-state index contributed by atoms with van der Waals surface area (Å²) >= 11 is 1.58. The molecule has 0 bridgehead atoms. The number of ether oxygens (including phenoxy) is 1. The summed E-state index contributed by atoms with van der Waals surface area (Å²) in [4.78, 5) is 0.864. The number of hydrogen-bond donors (Lipinski definition) is 0. The van der Waals surface area contributed by atoms with E-state index in [9.17, 15) is 0 Å². The van der Waals surface area contributed by atoms with Crippen molar-refractivity contribution in [1.82, 2.24) is 19.8 Å². The Morgan fingerprint density at radius 1 is 1.15 bits per heavy atom. The molecule has 0 saturated heterocycles. The van der Waals surface area contributed by atoms with Gasteiger partial charge in [0, 0.05) is 12.8 Å². The molecule has 2 aromatic heterocycles. The van der Waals surface area contributed by atoms with Crippen LogP contribution >= 0.6 is 11.3 Å². The number of para-hydroxylation sites is 1. The molecule has 0 radical (unpaired) electrons. The zero-order valence-electron chi connectivity index (χ0n) is 11.3. The van der Waals surface area contributed by atoms with Gasteiger partial charge < -0.3 is 4.74 Å². The van der Waals surface area contributed by atoms with E-state index < -0.39 is 0 Å². The van der Waals surface area contributed by atoms with Crippen molar-refractivity contribution in [1.29, 1.82) is 0 Å². The maximum atomic E-state index is 5.68. The number of aromatic nitrogens is 4. The van der Waals surface area contributed by atoms with E-state index in [1.54, 1.807) is 11.3 Å². The molecule has 0 aliphatic heterocycles. The number of fused-ring (bicyclic) bond motifs is 1. The van der Waals surface area contributed by atoms with Crippen molar-refractivity contribution in [3.8, 4) is 5.75 Å². The fourth-order valence-corrected chi connectivity index (χ4v) is 2.78. The van der Waals surface area contributed by atoms with Crippen LogP contribution in [0.4, 0.5) is 0 Å². The molecule has 0 amide bonds. The van der Waals surface area contributed by atoms with Crippen LogP contribution in [0.1, 0.15) is 24.2 Å². The topological polar surface area (TPSA) is 52.3 Å². The van der Waals surface area contributed by atoms with Crippen molar-refractivity contribution >= 4 is 16.3 Å². The molecular formula is C14H16N4OS. The van der Waals surface area contributed by atoms with Crippen LogP contribution in [0.2, 0.25) is 0 Å². The van der Waals surface area contributed by atoms with Gasteiger partial charge in [-0.3, -0.25) is 0 Å². The predicted molar refractivity (Wildman–Crippen MR) is 78.3 cm³/mol. The van der Waals surface area contributed by atoms with Crippen LogP contribution in [0.3, 0.4) is 0 Å². The Morgan fingerprint density at radius 2 is 2.00 bits per heavy atom. The van der Waals surface area contributed by atoms with Crippen LogP contribution < -0.4 is 4.74 Å². The number of nitrogens with zero attached hydrogens (tertiary/aromatic N) is 4. The number of benzene rings is 1. The van der Waals surface area contributed by atoms with E-state index >= 15 is 0 Å². The zero-order valence-corrected chi connectivity index (χ0v) is 12.1. The summed E-state index contributed by atoms with van der Waals surface area (Å²) in [7, 11) is 0. The third-order valence-corrected chi connectivity index (χ3v) is 3.86. The van der Waals surface area contributed by atoms with E-state index in [0.717, 1.165) is 40.8 Å². The molecular weight excluding hydrogens is 272 g/mol. The lowest BCUT2D eigenvalue weighted by Crippen LogP contribution is -2.02. The number of aryl methyl sites for hydroxylation is 1. The maximum absolute atomic E-state index is 5.68. The van der Waals surface area contributed by atoms with E-state index in [1.165, 1.54) is 0 Å². The van der Waals surface area contributed by atoms with Crippen molar-refractivity contribution < 1.29 is 4.74 Å². The summed E-state index contributed by atoms with van der Waals surface area (Å²) in [6.45, 7) is 2.75. The zero-order chi connectivity index (χ0) is 13.8. The first-order chi connectivity index (χ1) is 9.86. The summed E-state index contributed by atoms with van der Waals surface area (Å²) in [5, 5.41) is 13.9. The lowest BCUT2D eigenvalue weighted by atomic mass is 10.3. The quantitative estimate of drug-likeness (QED) is 0.700. The van der Waals surface area contributed by atoms with Crippen molar-refractivity contribution in [3.63, 3.8) is 0 Å². The predicted octanol–water partition coefficient (Wildman–Crippen LogP) is 2.76. The largest absolute Gasteiger partial charge is 0.493 e. The van der Waals surface area contributed by atoms with Gasteiger partial charge in [-0.05, 0) is 18.6 Å². The second-order valence-corrected chi connectivity index (χ2v) is 5.51. The van der Waals surface area contributed by atoms with Crippen molar-refractivity contribution in [2.45, 2.75) is 26.2 Å². The molecule has 0 fully saturated rings. The van der Waals surface area contributed by atoms with Gasteiger partial charge in [0.25, 0.3) is 0 Å². The summed E-state index contributed by atoms with van der Waals surface area (Å²) < 4.78 is 7.53. The van der Waals surface area contributed by atoms with E-state index in [4.69, 9.17) is 4.74 Å². The minimum Gasteiger partial charge on any atom is -0.493 e. The molecule has 20 heavy (non-hydrogen) atoms. The van der Waals surface area contributed by atoms with E-state index in [1.807, 2.05) is 34.8 Å². The fraction of sp³-hybridized carbons (Fsp3) is 0.357. The first kappa shape index (κ1) is 13.1. The van der Waals surface area contributed by atoms with Crippen LogP contribution in [0, 0.1) is 0 Å². The minimum absolute atomic E-state index is 0.622. The Balaban J connectivity index is 1.63. The van der Waals surface area contributed by atoms with E-state index in [-0.39, 0.29) is 0 Å². The highest BCUT2D eigenvalue weighted by Gasteiger charge is 2.10. The van der Waals surface area contributed by atoms with Crippen molar-refractivity contribution in [2.75, 3.05) is 6.61 Å². The van der Waals surface area contributed by atoms with Gasteiger partial charge in [-0.1, -0.05) is 36.5 Å². The highest BCUT2D eigenvalue weighted by Crippen LogP contribution is 2.16. The molecule has 0 atom stereocenters. The Morgan fingerprint density at radius 3 is 2.80 bits per heavy atom. The van der Waals surface area contributed by atoms with Gasteiger partial charge in [0.1, 0.15) is 10.8 Å². The monoisotopic (exact) mass is 288 g/mol. The molecule has 0 N–H and O–H groups in total. The summed E-state index contributed by atoms with van der Waals surface area (Å²) in [5.41, 5.74) is 0. The molecule has 104 valence electrons. The van der Waals surface area contributed by atoms with Crippen LogP contribution in [-0.2, 0) is 12.8 Å². The highest BCUT2D eigenvalue weighted by atomic mass is 32.1. The van der Waals surface area contributed by atoms with Crippen LogP contribution in [0.15, 0.2) is 30.3 Å². The van der Waals surface area contributed by atoms with Gasteiger partial charge in [0.15, 0.2) is 5.82 Å². The first-order valence-corrected chi connectivity index (χ1v) is 7.56. The standard InChI is InChI=1S/C14H16N4OS/c1-2-6-12-15-16-14-18(12)17-13(20-14)9-10-19-11-7-4-3-5-8-11/h3-5,7-8H,2,6,9-10H2,1H3. The lowest BCUT2D eigenvalue weighted by Gasteiger charge is -2.03. The molecule has 3 aromatic rings.